The fraction of sp³-hybridized carbons (Fsp3) is 0.562. The van der Waals surface area contributed by atoms with E-state index in [-0.39, 0.29) is 18.6 Å². The van der Waals surface area contributed by atoms with Gasteiger partial charge in [-0.1, -0.05) is 6.07 Å². The molecule has 1 aromatic carbocycles. The van der Waals surface area contributed by atoms with Crippen LogP contribution in [0.25, 0.3) is 0 Å². The lowest BCUT2D eigenvalue weighted by molar-refractivity contribution is 0.0798. The van der Waals surface area contributed by atoms with Crippen LogP contribution in [0.1, 0.15) is 24.5 Å². The van der Waals surface area contributed by atoms with Gasteiger partial charge in [0.1, 0.15) is 0 Å². The van der Waals surface area contributed by atoms with Gasteiger partial charge < -0.3 is 30.0 Å². The minimum Gasteiger partial charge on any atom is -0.493 e. The maximum absolute atomic E-state index is 11.9. The molecule has 0 spiro atoms. The average Bonchev–Trinajstić information content (AvgIpc) is 2.59. The number of hydrogen-bond acceptors (Lipinski definition) is 5. The zero-order chi connectivity index (χ0) is 16.7. The van der Waals surface area contributed by atoms with Crippen molar-refractivity contribution in [2.75, 3.05) is 34.0 Å². The molecule has 0 aliphatic carbocycles. The van der Waals surface area contributed by atoms with Crippen LogP contribution in [-0.2, 0) is 4.74 Å². The molecular weight excluding hydrogens is 300 g/mol. The highest BCUT2D eigenvalue weighted by molar-refractivity contribution is 5.74. The maximum atomic E-state index is 11.9. The van der Waals surface area contributed by atoms with Gasteiger partial charge in [0.15, 0.2) is 11.5 Å². The van der Waals surface area contributed by atoms with E-state index in [4.69, 9.17) is 14.2 Å². The third-order valence-corrected chi connectivity index (χ3v) is 3.80. The summed E-state index contributed by atoms with van der Waals surface area (Å²) >= 11 is 0. The Kier molecular flexibility index (Phi) is 6.49. The lowest BCUT2D eigenvalue weighted by atomic mass is 10.1. The Balaban J connectivity index is 1.83. The Morgan fingerprint density at radius 2 is 2.00 bits per heavy atom. The summed E-state index contributed by atoms with van der Waals surface area (Å²) in [6.45, 7) is 1.45. The largest absolute Gasteiger partial charge is 0.493 e. The van der Waals surface area contributed by atoms with Crippen molar-refractivity contribution < 1.29 is 24.1 Å². The quantitative estimate of drug-likeness (QED) is 0.732. The number of hydrogen-bond donors (Lipinski definition) is 3. The molecule has 0 radical (unpaired) electrons. The zero-order valence-electron chi connectivity index (χ0n) is 13.5. The molecule has 1 aliphatic heterocycles. The Labute approximate surface area is 135 Å². The van der Waals surface area contributed by atoms with Gasteiger partial charge in [0.05, 0.1) is 20.3 Å². The summed E-state index contributed by atoms with van der Waals surface area (Å²) in [6.07, 6.45) is 0.798. The third-order valence-electron chi connectivity index (χ3n) is 3.80. The molecule has 1 saturated heterocycles. The van der Waals surface area contributed by atoms with Crippen molar-refractivity contribution in [2.45, 2.75) is 25.0 Å². The van der Waals surface area contributed by atoms with Crippen molar-refractivity contribution in [1.82, 2.24) is 10.6 Å². The summed E-state index contributed by atoms with van der Waals surface area (Å²) in [6, 6.07) is 5.00. The van der Waals surface area contributed by atoms with E-state index in [9.17, 15) is 9.90 Å². The first-order valence-electron chi connectivity index (χ1n) is 7.66. The second-order valence-electron chi connectivity index (χ2n) is 5.37. The Morgan fingerprint density at radius 3 is 2.65 bits per heavy atom. The van der Waals surface area contributed by atoms with Crippen molar-refractivity contribution in [1.29, 1.82) is 0 Å². The molecule has 0 saturated carbocycles. The van der Waals surface area contributed by atoms with Crippen LogP contribution in [0, 0.1) is 0 Å². The van der Waals surface area contributed by atoms with E-state index in [0.717, 1.165) is 12.8 Å². The predicted molar refractivity (Wildman–Crippen MR) is 84.9 cm³/mol. The number of methoxy groups -OCH3 is 2. The molecule has 1 fully saturated rings. The van der Waals surface area contributed by atoms with Crippen LogP contribution in [0.15, 0.2) is 18.2 Å². The van der Waals surface area contributed by atoms with Gasteiger partial charge >= 0.3 is 6.03 Å². The van der Waals surface area contributed by atoms with Crippen molar-refractivity contribution in [3.05, 3.63) is 23.8 Å². The van der Waals surface area contributed by atoms with Crippen LogP contribution in [0.5, 0.6) is 11.5 Å². The molecule has 1 aromatic rings. The van der Waals surface area contributed by atoms with Crippen LogP contribution in [-0.4, -0.2) is 51.2 Å². The van der Waals surface area contributed by atoms with E-state index in [0.29, 0.717) is 30.3 Å². The summed E-state index contributed by atoms with van der Waals surface area (Å²) in [5, 5.41) is 15.8. The highest BCUT2D eigenvalue weighted by atomic mass is 16.5. The molecule has 1 atom stereocenters. The number of aliphatic hydroxyl groups is 1. The fourth-order valence-corrected chi connectivity index (χ4v) is 2.45. The summed E-state index contributed by atoms with van der Waals surface area (Å²) in [5.41, 5.74) is 0.647. The lowest BCUT2D eigenvalue weighted by Gasteiger charge is -2.23. The second-order valence-corrected chi connectivity index (χ2v) is 5.37. The van der Waals surface area contributed by atoms with Gasteiger partial charge in [0.2, 0.25) is 0 Å². The SMILES string of the molecule is COc1ccc([C@@H](O)CNC(=O)NC2CCOCC2)cc1OC. The van der Waals surface area contributed by atoms with Gasteiger partial charge in [-0.3, -0.25) is 0 Å². The van der Waals surface area contributed by atoms with Crippen molar-refractivity contribution in [3.63, 3.8) is 0 Å². The molecule has 1 heterocycles. The summed E-state index contributed by atoms with van der Waals surface area (Å²) in [7, 11) is 3.09. The number of benzene rings is 1. The first-order valence-corrected chi connectivity index (χ1v) is 7.66. The molecular formula is C16H24N2O5. The highest BCUT2D eigenvalue weighted by Gasteiger charge is 2.17. The third kappa shape index (κ3) is 5.01. The molecule has 0 unspecified atom stereocenters. The van der Waals surface area contributed by atoms with Crippen molar-refractivity contribution in [2.24, 2.45) is 0 Å². The second kappa shape index (κ2) is 8.59. The summed E-state index contributed by atoms with van der Waals surface area (Å²) in [4.78, 5) is 11.9. The van der Waals surface area contributed by atoms with Gasteiger partial charge in [0, 0.05) is 25.8 Å². The number of amides is 2. The number of aliphatic hydroxyl groups excluding tert-OH is 1. The van der Waals surface area contributed by atoms with Crippen molar-refractivity contribution >= 4 is 6.03 Å². The lowest BCUT2D eigenvalue weighted by Crippen LogP contribution is -2.45. The maximum Gasteiger partial charge on any atom is 0.315 e. The van der Waals surface area contributed by atoms with Crippen LogP contribution in [0.3, 0.4) is 0 Å². The molecule has 7 nitrogen and oxygen atoms in total. The molecule has 23 heavy (non-hydrogen) atoms. The average molecular weight is 324 g/mol. The van der Waals surface area contributed by atoms with Crippen LogP contribution in [0.2, 0.25) is 0 Å². The number of urea groups is 1. The van der Waals surface area contributed by atoms with Gasteiger partial charge in [-0.2, -0.15) is 0 Å². The van der Waals surface area contributed by atoms with E-state index in [2.05, 4.69) is 10.6 Å². The number of rotatable bonds is 6. The molecule has 1 aliphatic rings. The molecule has 2 rings (SSSR count). The molecule has 2 amide bonds. The summed E-state index contributed by atoms with van der Waals surface area (Å²) in [5.74, 6) is 1.13. The minimum atomic E-state index is -0.824. The van der Waals surface area contributed by atoms with Crippen LogP contribution < -0.4 is 20.1 Å². The van der Waals surface area contributed by atoms with E-state index >= 15 is 0 Å². The number of ether oxygens (including phenoxy) is 3. The van der Waals surface area contributed by atoms with Gasteiger partial charge in [0.25, 0.3) is 0 Å². The molecule has 3 N–H and O–H groups in total. The van der Waals surface area contributed by atoms with E-state index in [1.165, 1.54) is 7.11 Å². The first-order chi connectivity index (χ1) is 11.1. The summed E-state index contributed by atoms with van der Waals surface area (Å²) < 4.78 is 15.6. The Hall–Kier alpha value is -1.99. The first kappa shape index (κ1) is 17.4. The minimum absolute atomic E-state index is 0.116. The highest BCUT2D eigenvalue weighted by Crippen LogP contribution is 2.29. The van der Waals surface area contributed by atoms with Gasteiger partial charge in [-0.25, -0.2) is 4.79 Å². The number of nitrogens with one attached hydrogen (secondary N) is 2. The fourth-order valence-electron chi connectivity index (χ4n) is 2.45. The number of carbonyl (C=O) groups is 1. The molecule has 128 valence electrons. The smallest absolute Gasteiger partial charge is 0.315 e. The normalized spacial score (nSPS) is 16.5. The van der Waals surface area contributed by atoms with E-state index in [1.54, 1.807) is 25.3 Å². The van der Waals surface area contributed by atoms with Crippen molar-refractivity contribution in [3.8, 4) is 11.5 Å². The van der Waals surface area contributed by atoms with E-state index in [1.807, 2.05) is 0 Å². The van der Waals surface area contributed by atoms with Crippen LogP contribution in [0.4, 0.5) is 4.79 Å². The number of carbonyl (C=O) groups excluding carboxylic acids is 1. The zero-order valence-corrected chi connectivity index (χ0v) is 13.5. The molecule has 0 aromatic heterocycles. The van der Waals surface area contributed by atoms with Crippen LogP contribution >= 0.6 is 0 Å². The molecule has 0 bridgehead atoms. The Bertz CT molecular complexity index is 517. The van der Waals surface area contributed by atoms with Gasteiger partial charge in [-0.15, -0.1) is 0 Å². The standard InChI is InChI=1S/C16H24N2O5/c1-21-14-4-3-11(9-15(14)22-2)13(19)10-17-16(20)18-12-5-7-23-8-6-12/h3-4,9,12-13,19H,5-8,10H2,1-2H3,(H2,17,18,20)/t13-/m0/s1. The van der Waals surface area contributed by atoms with E-state index < -0.39 is 6.10 Å². The monoisotopic (exact) mass is 324 g/mol. The Morgan fingerprint density at radius 1 is 1.30 bits per heavy atom. The predicted octanol–water partition coefficient (Wildman–Crippen LogP) is 1.22. The van der Waals surface area contributed by atoms with Gasteiger partial charge in [-0.05, 0) is 30.5 Å². The molecule has 7 heteroatoms. The topological polar surface area (TPSA) is 89.1 Å².